The number of carbonyl (C=O) groups is 4. The molecular formula is C19H10ClN3O4S. The monoisotopic (exact) mass is 411 g/mol. The summed E-state index contributed by atoms with van der Waals surface area (Å²) in [7, 11) is 0. The Hall–Kier alpha value is -2.97. The number of allylic oxidation sites excluding steroid dienone is 1. The van der Waals surface area contributed by atoms with Crippen LogP contribution < -0.4 is 10.2 Å². The molecule has 3 aliphatic rings. The van der Waals surface area contributed by atoms with Crippen molar-refractivity contribution < 1.29 is 19.2 Å². The number of urea groups is 1. The van der Waals surface area contributed by atoms with Crippen molar-refractivity contribution in [2.24, 2.45) is 0 Å². The number of imide groups is 1. The lowest BCUT2D eigenvalue weighted by atomic mass is 9.81. The maximum Gasteiger partial charge on any atom is 0.329 e. The Balaban J connectivity index is 1.63. The number of pyridine rings is 1. The third kappa shape index (κ3) is 2.10. The SMILES string of the molecule is O=C1C2=C(C(=O)c3ncccc31)C1(CS2)NC(=O)N(c2ccc(Cl)cc2)C1=O. The minimum absolute atomic E-state index is 0.000108. The van der Waals surface area contributed by atoms with Crippen LogP contribution in [0.4, 0.5) is 10.5 Å². The summed E-state index contributed by atoms with van der Waals surface area (Å²) in [4.78, 5) is 57.1. The minimum atomic E-state index is -1.58. The van der Waals surface area contributed by atoms with Crippen molar-refractivity contribution in [3.8, 4) is 0 Å². The number of nitrogens with one attached hydrogen (secondary N) is 1. The van der Waals surface area contributed by atoms with Crippen LogP contribution in [0, 0.1) is 0 Å². The zero-order valence-electron chi connectivity index (χ0n) is 14.1. The predicted molar refractivity (Wildman–Crippen MR) is 103 cm³/mol. The van der Waals surface area contributed by atoms with Crippen LogP contribution in [0.25, 0.3) is 0 Å². The van der Waals surface area contributed by atoms with E-state index in [1.54, 1.807) is 30.3 Å². The lowest BCUT2D eigenvalue weighted by molar-refractivity contribution is -0.120. The number of anilines is 1. The molecule has 28 heavy (non-hydrogen) atoms. The van der Waals surface area contributed by atoms with Crippen LogP contribution in [0.2, 0.25) is 5.02 Å². The molecule has 1 aliphatic carbocycles. The number of carbonyl (C=O) groups excluding carboxylic acids is 4. The fourth-order valence-electron chi connectivity index (χ4n) is 3.67. The maximum atomic E-state index is 13.3. The van der Waals surface area contributed by atoms with E-state index in [1.807, 2.05) is 0 Å². The quantitative estimate of drug-likeness (QED) is 0.724. The smallest absolute Gasteiger partial charge is 0.318 e. The molecule has 0 saturated carbocycles. The first-order valence-electron chi connectivity index (χ1n) is 8.28. The molecule has 1 unspecified atom stereocenters. The molecule has 1 saturated heterocycles. The zero-order chi connectivity index (χ0) is 19.6. The molecule has 138 valence electrons. The van der Waals surface area contributed by atoms with Crippen LogP contribution in [0.3, 0.4) is 0 Å². The highest BCUT2D eigenvalue weighted by atomic mass is 35.5. The molecule has 0 bridgehead atoms. The van der Waals surface area contributed by atoms with Gasteiger partial charge in [-0.05, 0) is 36.4 Å². The summed E-state index contributed by atoms with van der Waals surface area (Å²) in [5.41, 5.74) is -1.04. The van der Waals surface area contributed by atoms with E-state index in [2.05, 4.69) is 10.3 Å². The van der Waals surface area contributed by atoms with Crippen LogP contribution in [-0.4, -0.2) is 39.8 Å². The Morgan fingerprint density at radius 3 is 2.57 bits per heavy atom. The second-order valence-electron chi connectivity index (χ2n) is 6.50. The van der Waals surface area contributed by atoms with Crippen molar-refractivity contribution in [3.05, 3.63) is 69.4 Å². The molecule has 1 aromatic heterocycles. The number of aromatic nitrogens is 1. The van der Waals surface area contributed by atoms with Gasteiger partial charge in [-0.15, -0.1) is 11.8 Å². The molecule has 1 aromatic carbocycles. The normalized spacial score (nSPS) is 23.4. The van der Waals surface area contributed by atoms with E-state index >= 15 is 0 Å². The number of benzene rings is 1. The molecule has 3 amide bonds. The molecule has 1 fully saturated rings. The summed E-state index contributed by atoms with van der Waals surface area (Å²) in [5.74, 6) is -1.40. The molecule has 1 atom stereocenters. The van der Waals surface area contributed by atoms with Gasteiger partial charge in [-0.2, -0.15) is 0 Å². The molecule has 9 heteroatoms. The van der Waals surface area contributed by atoms with Crippen LogP contribution in [0.1, 0.15) is 20.8 Å². The Bertz CT molecular complexity index is 1140. The Kier molecular flexibility index (Phi) is 3.53. The Morgan fingerprint density at radius 1 is 1.07 bits per heavy atom. The number of Topliss-reactive ketones (excluding diaryl/α,β-unsaturated/α-hetero) is 2. The highest BCUT2D eigenvalue weighted by Crippen LogP contribution is 2.47. The van der Waals surface area contributed by atoms with Gasteiger partial charge in [0, 0.05) is 17.0 Å². The average molecular weight is 412 g/mol. The first kappa shape index (κ1) is 17.2. The molecule has 2 aromatic rings. The number of ketones is 2. The van der Waals surface area contributed by atoms with E-state index in [9.17, 15) is 19.2 Å². The number of amides is 3. The van der Waals surface area contributed by atoms with E-state index in [1.165, 1.54) is 12.3 Å². The molecule has 7 nitrogen and oxygen atoms in total. The highest BCUT2D eigenvalue weighted by Gasteiger charge is 2.61. The zero-order valence-corrected chi connectivity index (χ0v) is 15.6. The molecule has 0 radical (unpaired) electrons. The number of hydrogen-bond donors (Lipinski definition) is 1. The van der Waals surface area contributed by atoms with Crippen molar-refractivity contribution in [2.45, 2.75) is 5.54 Å². The maximum absolute atomic E-state index is 13.3. The van der Waals surface area contributed by atoms with Gasteiger partial charge in [0.05, 0.1) is 21.7 Å². The highest BCUT2D eigenvalue weighted by molar-refractivity contribution is 8.04. The predicted octanol–water partition coefficient (Wildman–Crippen LogP) is 2.61. The summed E-state index contributed by atoms with van der Waals surface area (Å²) in [6.45, 7) is 0. The molecular weight excluding hydrogens is 402 g/mol. The largest absolute Gasteiger partial charge is 0.329 e. The molecule has 1 spiro atoms. The van der Waals surface area contributed by atoms with Crippen LogP contribution in [-0.2, 0) is 4.79 Å². The fourth-order valence-corrected chi connectivity index (χ4v) is 5.15. The van der Waals surface area contributed by atoms with Gasteiger partial charge in [0.15, 0.2) is 5.54 Å². The van der Waals surface area contributed by atoms with Gasteiger partial charge in [-0.25, -0.2) is 9.69 Å². The number of rotatable bonds is 1. The van der Waals surface area contributed by atoms with Gasteiger partial charge in [-0.1, -0.05) is 11.6 Å². The molecule has 3 heterocycles. The minimum Gasteiger partial charge on any atom is -0.318 e. The van der Waals surface area contributed by atoms with E-state index < -0.39 is 23.3 Å². The van der Waals surface area contributed by atoms with E-state index in [-0.39, 0.29) is 33.3 Å². The van der Waals surface area contributed by atoms with Crippen LogP contribution in [0.5, 0.6) is 0 Å². The van der Waals surface area contributed by atoms with Crippen LogP contribution in [0.15, 0.2) is 53.1 Å². The van der Waals surface area contributed by atoms with Crippen LogP contribution >= 0.6 is 23.4 Å². The third-order valence-electron chi connectivity index (χ3n) is 4.96. The van der Waals surface area contributed by atoms with Gasteiger partial charge in [0.1, 0.15) is 5.69 Å². The second kappa shape index (κ2) is 5.76. The third-order valence-corrected chi connectivity index (χ3v) is 6.47. The van der Waals surface area contributed by atoms with E-state index in [0.29, 0.717) is 10.7 Å². The topological polar surface area (TPSA) is 96.4 Å². The lowest BCUT2D eigenvalue weighted by Gasteiger charge is -2.25. The van der Waals surface area contributed by atoms with Gasteiger partial charge < -0.3 is 5.32 Å². The fraction of sp³-hybridized carbons (Fsp3) is 0.105. The number of thioether (sulfide) groups is 1. The summed E-state index contributed by atoms with van der Waals surface area (Å²) in [6.07, 6.45) is 1.42. The molecule has 2 aliphatic heterocycles. The van der Waals surface area contributed by atoms with E-state index in [4.69, 9.17) is 11.6 Å². The summed E-state index contributed by atoms with van der Waals surface area (Å²) < 4.78 is 0. The van der Waals surface area contributed by atoms with Crippen molar-refractivity contribution >= 4 is 52.6 Å². The first-order valence-corrected chi connectivity index (χ1v) is 9.64. The number of halogens is 1. The number of fused-ring (bicyclic) bond motifs is 2. The first-order chi connectivity index (χ1) is 13.4. The van der Waals surface area contributed by atoms with Gasteiger partial charge in [0.2, 0.25) is 11.6 Å². The Labute approximate surface area is 167 Å². The van der Waals surface area contributed by atoms with Gasteiger partial charge in [0.25, 0.3) is 5.91 Å². The van der Waals surface area contributed by atoms with Gasteiger partial charge in [-0.3, -0.25) is 19.4 Å². The number of nitrogens with zero attached hydrogens (tertiary/aromatic N) is 2. The van der Waals surface area contributed by atoms with E-state index in [0.717, 1.165) is 16.7 Å². The van der Waals surface area contributed by atoms with Crippen molar-refractivity contribution in [1.29, 1.82) is 0 Å². The summed E-state index contributed by atoms with van der Waals surface area (Å²) in [5, 5.41) is 3.11. The molecule has 5 rings (SSSR count). The van der Waals surface area contributed by atoms with Gasteiger partial charge >= 0.3 is 6.03 Å². The Morgan fingerprint density at radius 2 is 1.82 bits per heavy atom. The van der Waals surface area contributed by atoms with Crippen molar-refractivity contribution in [1.82, 2.24) is 10.3 Å². The summed E-state index contributed by atoms with van der Waals surface area (Å²) in [6, 6.07) is 8.66. The summed E-state index contributed by atoms with van der Waals surface area (Å²) >= 11 is 6.98. The van der Waals surface area contributed by atoms with Crippen molar-refractivity contribution in [2.75, 3.05) is 10.7 Å². The average Bonchev–Trinajstić information content (AvgIpc) is 3.19. The lowest BCUT2D eigenvalue weighted by Crippen LogP contribution is -2.52. The van der Waals surface area contributed by atoms with Crippen molar-refractivity contribution in [3.63, 3.8) is 0 Å². The number of hydrogen-bond acceptors (Lipinski definition) is 6. The second-order valence-corrected chi connectivity index (χ2v) is 7.93. The molecule has 1 N–H and O–H groups in total. The standard InChI is InChI=1S/C19H10ClN3O4S/c20-9-3-5-10(6-4-9)23-17(26)19(22-18(23)27)8-28-16-12(19)15(25)13-11(14(16)24)2-1-7-21-13/h1-7H,8H2,(H,22,27).